The van der Waals surface area contributed by atoms with Crippen molar-refractivity contribution < 1.29 is 23.9 Å². The number of amides is 1. The van der Waals surface area contributed by atoms with E-state index in [0.29, 0.717) is 33.9 Å². The van der Waals surface area contributed by atoms with Crippen LogP contribution in [0.4, 0.5) is 15.8 Å². The Balaban J connectivity index is 0.00000308. The second-order valence-electron chi connectivity index (χ2n) is 9.78. The molecule has 1 spiro atoms. The lowest BCUT2D eigenvalue weighted by atomic mass is 9.74. The van der Waals surface area contributed by atoms with Gasteiger partial charge in [0.05, 0.1) is 29.8 Å². The highest BCUT2D eigenvalue weighted by atomic mass is 35.5. The van der Waals surface area contributed by atoms with Crippen LogP contribution in [-0.2, 0) is 15.1 Å². The van der Waals surface area contributed by atoms with Crippen molar-refractivity contribution in [2.75, 3.05) is 18.2 Å². The number of nitrogens with two attached hydrogens (primary N) is 1. The molecule has 3 aromatic carbocycles. The highest BCUT2D eigenvalue weighted by molar-refractivity contribution is 6.31. The molecule has 3 heterocycles. The smallest absolute Gasteiger partial charge is 0.337 e. The fourth-order valence-electron chi connectivity index (χ4n) is 6.38. The van der Waals surface area contributed by atoms with E-state index in [-0.39, 0.29) is 29.5 Å². The minimum atomic E-state index is -1.38. The van der Waals surface area contributed by atoms with Crippen LogP contribution in [0.15, 0.2) is 54.6 Å². The van der Waals surface area contributed by atoms with Crippen molar-refractivity contribution in [3.8, 4) is 0 Å². The van der Waals surface area contributed by atoms with Gasteiger partial charge in [0.2, 0.25) is 5.91 Å². The first-order valence-corrected chi connectivity index (χ1v) is 12.7. The molecule has 204 valence electrons. The number of methoxy groups -OCH3 is 1. The van der Waals surface area contributed by atoms with Crippen LogP contribution in [0.1, 0.15) is 52.9 Å². The molecule has 0 aliphatic carbocycles. The standard InChI is InChI=1S/C27H23Cl2FN4O4.CH4/c1-38-25(35)12-5-7-14(18(31)9-12)21-11-20-24(34(21)37)22(15-3-2-4-17(29)23(15)30)27(33-20)16-8-6-13(28)10-19(16)32-26(27)36;/h2-10,20-22,24,33,37H,11,31H2,1H3,(H,32,36);1H4/t20-,21?,22-,24+,27+;/m0./s1. The summed E-state index contributed by atoms with van der Waals surface area (Å²) in [6.45, 7) is 0. The first-order valence-electron chi connectivity index (χ1n) is 12.0. The van der Waals surface area contributed by atoms with Crippen LogP contribution in [0.3, 0.4) is 0 Å². The average molecular weight is 573 g/mol. The Labute approximate surface area is 234 Å². The van der Waals surface area contributed by atoms with E-state index in [4.69, 9.17) is 33.7 Å². The van der Waals surface area contributed by atoms with E-state index >= 15 is 4.39 Å². The molecule has 5 atom stereocenters. The number of ether oxygens (including phenoxy) is 1. The molecule has 3 aromatic rings. The summed E-state index contributed by atoms with van der Waals surface area (Å²) in [6.07, 6.45) is 0.361. The fourth-order valence-corrected chi connectivity index (χ4v) is 6.73. The largest absolute Gasteiger partial charge is 0.465 e. The van der Waals surface area contributed by atoms with Gasteiger partial charge in [0, 0.05) is 33.9 Å². The average Bonchev–Trinajstić information content (AvgIpc) is 3.48. The number of nitrogens with one attached hydrogen (secondary N) is 2. The molecule has 5 N–H and O–H groups in total. The number of hydrogen-bond acceptors (Lipinski definition) is 7. The lowest BCUT2D eigenvalue weighted by Crippen LogP contribution is -2.50. The zero-order chi connectivity index (χ0) is 26.9. The Morgan fingerprint density at radius 3 is 2.67 bits per heavy atom. The SMILES string of the molecule is C.COC(=O)c1ccc(C2C[C@@H]3N[C@@]4(C(=O)Nc5cc(Cl)ccc54)[C@@H](c4cccc(Cl)c4F)[C@@H]3N2O)c(N)c1. The number of benzene rings is 3. The van der Waals surface area contributed by atoms with E-state index in [9.17, 15) is 14.8 Å². The second kappa shape index (κ2) is 9.76. The van der Waals surface area contributed by atoms with Gasteiger partial charge < -0.3 is 21.0 Å². The minimum Gasteiger partial charge on any atom is -0.465 e. The Hall–Kier alpha value is -3.21. The van der Waals surface area contributed by atoms with Crippen molar-refractivity contribution in [1.29, 1.82) is 0 Å². The molecule has 0 saturated carbocycles. The molecule has 1 amide bonds. The summed E-state index contributed by atoms with van der Waals surface area (Å²) < 4.78 is 20.4. The number of anilines is 2. The number of carbonyl (C=O) groups excluding carboxylic acids is 2. The van der Waals surface area contributed by atoms with E-state index in [2.05, 4.69) is 10.6 Å². The first kappa shape index (κ1) is 27.4. The maximum absolute atomic E-state index is 15.6. The lowest BCUT2D eigenvalue weighted by molar-refractivity contribution is -0.143. The fraction of sp³-hybridized carbons (Fsp3) is 0.286. The van der Waals surface area contributed by atoms with Gasteiger partial charge in [-0.1, -0.05) is 54.9 Å². The molecule has 0 bridgehead atoms. The Morgan fingerprint density at radius 2 is 1.95 bits per heavy atom. The minimum absolute atomic E-state index is 0. The van der Waals surface area contributed by atoms with E-state index in [1.807, 2.05) is 0 Å². The van der Waals surface area contributed by atoms with Gasteiger partial charge in [-0.3, -0.25) is 10.1 Å². The van der Waals surface area contributed by atoms with Crippen LogP contribution < -0.4 is 16.4 Å². The molecular formula is C28H27Cl2FN4O4. The number of hydrogen-bond donors (Lipinski definition) is 4. The number of fused-ring (bicyclic) bond motifs is 3. The predicted octanol–water partition coefficient (Wildman–Crippen LogP) is 5.25. The molecule has 3 aliphatic heterocycles. The van der Waals surface area contributed by atoms with Crippen LogP contribution in [0, 0.1) is 5.82 Å². The van der Waals surface area contributed by atoms with Crippen molar-refractivity contribution >= 4 is 46.5 Å². The highest BCUT2D eigenvalue weighted by Crippen LogP contribution is 2.58. The van der Waals surface area contributed by atoms with E-state index < -0.39 is 41.4 Å². The molecule has 2 fully saturated rings. The molecule has 1 unspecified atom stereocenters. The van der Waals surface area contributed by atoms with E-state index in [1.54, 1.807) is 42.5 Å². The molecule has 2 saturated heterocycles. The predicted molar refractivity (Wildman–Crippen MR) is 147 cm³/mol. The van der Waals surface area contributed by atoms with Crippen LogP contribution in [0.5, 0.6) is 0 Å². The van der Waals surface area contributed by atoms with Crippen molar-refractivity contribution in [3.63, 3.8) is 0 Å². The maximum Gasteiger partial charge on any atom is 0.337 e. The first-order chi connectivity index (χ1) is 18.2. The third-order valence-electron chi connectivity index (χ3n) is 7.93. The van der Waals surface area contributed by atoms with Gasteiger partial charge in [-0.2, -0.15) is 5.06 Å². The lowest BCUT2D eigenvalue weighted by Gasteiger charge is -2.36. The van der Waals surface area contributed by atoms with Crippen molar-refractivity contribution in [1.82, 2.24) is 10.4 Å². The topological polar surface area (TPSA) is 117 Å². The van der Waals surface area contributed by atoms with Crippen molar-refractivity contribution in [2.24, 2.45) is 0 Å². The number of nitrogen functional groups attached to an aromatic ring is 1. The normalized spacial score (nSPS) is 27.2. The van der Waals surface area contributed by atoms with Gasteiger partial charge >= 0.3 is 5.97 Å². The molecular weight excluding hydrogens is 546 g/mol. The summed E-state index contributed by atoms with van der Waals surface area (Å²) in [5, 5.41) is 19.4. The highest BCUT2D eigenvalue weighted by Gasteiger charge is 2.66. The van der Waals surface area contributed by atoms with Crippen molar-refractivity contribution in [2.45, 2.75) is 43.4 Å². The summed E-state index contributed by atoms with van der Waals surface area (Å²) in [5.41, 5.74) is 7.42. The Morgan fingerprint density at radius 1 is 1.18 bits per heavy atom. The summed E-state index contributed by atoms with van der Waals surface area (Å²) in [6, 6.07) is 12.7. The van der Waals surface area contributed by atoms with Gasteiger partial charge in [-0.15, -0.1) is 0 Å². The Bertz CT molecular complexity index is 1500. The number of hydroxylamine groups is 2. The Kier molecular flexibility index (Phi) is 6.85. The summed E-state index contributed by atoms with van der Waals surface area (Å²) in [4.78, 5) is 25.6. The quantitative estimate of drug-likeness (QED) is 0.250. The summed E-state index contributed by atoms with van der Waals surface area (Å²) in [7, 11) is 1.28. The molecule has 6 rings (SSSR count). The number of nitrogens with zero attached hydrogens (tertiary/aromatic N) is 1. The van der Waals surface area contributed by atoms with Crippen LogP contribution in [-0.4, -0.2) is 41.3 Å². The van der Waals surface area contributed by atoms with Gasteiger partial charge in [-0.25, -0.2) is 9.18 Å². The molecule has 11 heteroatoms. The van der Waals surface area contributed by atoms with Gasteiger partial charge in [0.15, 0.2) is 0 Å². The van der Waals surface area contributed by atoms with Gasteiger partial charge in [0.25, 0.3) is 0 Å². The number of esters is 1. The second-order valence-corrected chi connectivity index (χ2v) is 10.6. The van der Waals surface area contributed by atoms with E-state index in [0.717, 1.165) is 5.06 Å². The summed E-state index contributed by atoms with van der Waals surface area (Å²) >= 11 is 12.4. The number of rotatable bonds is 3. The maximum atomic E-state index is 15.6. The zero-order valence-electron chi connectivity index (χ0n) is 20.0. The number of carbonyl (C=O) groups is 2. The molecule has 0 radical (unpaired) electrons. The van der Waals surface area contributed by atoms with Gasteiger partial charge in [-0.05, 0) is 47.9 Å². The number of halogens is 3. The third kappa shape index (κ3) is 3.91. The molecule has 8 nitrogen and oxygen atoms in total. The van der Waals surface area contributed by atoms with Crippen molar-refractivity contribution in [3.05, 3.63) is 92.7 Å². The zero-order valence-corrected chi connectivity index (χ0v) is 21.6. The third-order valence-corrected chi connectivity index (χ3v) is 8.46. The molecule has 3 aliphatic rings. The van der Waals surface area contributed by atoms with E-state index in [1.165, 1.54) is 19.2 Å². The monoisotopic (exact) mass is 572 g/mol. The van der Waals surface area contributed by atoms with Crippen LogP contribution >= 0.6 is 23.2 Å². The van der Waals surface area contributed by atoms with Crippen LogP contribution in [0.2, 0.25) is 10.0 Å². The van der Waals surface area contributed by atoms with Gasteiger partial charge in [0.1, 0.15) is 11.4 Å². The molecule has 0 aromatic heterocycles. The van der Waals surface area contributed by atoms with Crippen LogP contribution in [0.25, 0.3) is 0 Å². The summed E-state index contributed by atoms with van der Waals surface area (Å²) in [5.74, 6) is -2.42. The molecule has 39 heavy (non-hydrogen) atoms.